The lowest BCUT2D eigenvalue weighted by Gasteiger charge is -1.99. The predicted octanol–water partition coefficient (Wildman–Crippen LogP) is 8.65. The number of hydrogen-bond acceptors (Lipinski definition) is 0. The van der Waals surface area contributed by atoms with Gasteiger partial charge in [0.15, 0.2) is 0 Å². The van der Waals surface area contributed by atoms with Gasteiger partial charge in [0.05, 0.1) is 0 Å². The van der Waals surface area contributed by atoms with Crippen molar-refractivity contribution in [3.8, 4) is 0 Å². The van der Waals surface area contributed by atoms with E-state index in [4.69, 9.17) is 0 Å². The minimum atomic E-state index is 1.19. The number of hydrogen-bond donors (Lipinski definition) is 0. The minimum Gasteiger partial charge on any atom is -0.0991 e. The summed E-state index contributed by atoms with van der Waals surface area (Å²) in [7, 11) is 0. The second kappa shape index (κ2) is 22.4. The largest absolute Gasteiger partial charge is 0.0991 e. The highest BCUT2D eigenvalue weighted by Crippen LogP contribution is 2.10. The Morgan fingerprint density at radius 1 is 0.720 bits per heavy atom. The number of unbranched alkanes of at least 4 members (excludes halogenated alkanes) is 2. The molecule has 0 aromatic rings. The van der Waals surface area contributed by atoms with Crippen molar-refractivity contribution in [2.45, 2.75) is 84.0 Å². The van der Waals surface area contributed by atoms with Crippen LogP contribution in [0.5, 0.6) is 0 Å². The first-order valence-corrected chi connectivity index (χ1v) is 10.3. The molecule has 0 heterocycles. The van der Waals surface area contributed by atoms with Crippen LogP contribution in [0.4, 0.5) is 0 Å². The van der Waals surface area contributed by atoms with Crippen molar-refractivity contribution in [3.05, 3.63) is 73.4 Å². The van der Waals surface area contributed by atoms with Crippen LogP contribution in [0.3, 0.4) is 0 Å². The van der Waals surface area contributed by atoms with Gasteiger partial charge in [-0.2, -0.15) is 0 Å². The van der Waals surface area contributed by atoms with Gasteiger partial charge in [-0.15, -0.1) is 0 Å². The van der Waals surface area contributed by atoms with Gasteiger partial charge in [-0.3, -0.25) is 0 Å². The number of allylic oxidation sites excluding steroid dienone is 11. The third-order valence-electron chi connectivity index (χ3n) is 4.07. The Morgan fingerprint density at radius 3 is 1.80 bits per heavy atom. The van der Waals surface area contributed by atoms with Gasteiger partial charge < -0.3 is 0 Å². The van der Waals surface area contributed by atoms with Crippen LogP contribution >= 0.6 is 0 Å². The highest BCUT2D eigenvalue weighted by molar-refractivity contribution is 5.11. The van der Waals surface area contributed by atoms with Crippen molar-refractivity contribution in [2.24, 2.45) is 0 Å². The molecule has 0 spiro atoms. The summed E-state index contributed by atoms with van der Waals surface area (Å²) in [6, 6.07) is 0. The second-order valence-corrected chi connectivity index (χ2v) is 6.48. The third-order valence-corrected chi connectivity index (χ3v) is 4.07. The van der Waals surface area contributed by atoms with E-state index in [0.717, 1.165) is 0 Å². The fourth-order valence-corrected chi connectivity index (χ4v) is 2.53. The fourth-order valence-electron chi connectivity index (χ4n) is 2.53. The molecule has 0 radical (unpaired) electrons. The summed E-state index contributed by atoms with van der Waals surface area (Å²) >= 11 is 0. The van der Waals surface area contributed by atoms with Crippen molar-refractivity contribution in [1.82, 2.24) is 0 Å². The predicted molar refractivity (Wildman–Crippen MR) is 117 cm³/mol. The molecule has 140 valence electrons. The van der Waals surface area contributed by atoms with E-state index in [-0.39, 0.29) is 0 Å². The van der Waals surface area contributed by atoms with Crippen LogP contribution in [0.2, 0.25) is 0 Å². The molecule has 0 amide bonds. The van der Waals surface area contributed by atoms with Crippen LogP contribution in [0, 0.1) is 0 Å². The molecule has 0 atom stereocenters. The zero-order valence-electron chi connectivity index (χ0n) is 16.5. The molecule has 1 aliphatic carbocycles. The molecule has 0 aliphatic heterocycles. The topological polar surface area (TPSA) is 0 Å². The summed E-state index contributed by atoms with van der Waals surface area (Å²) in [4.78, 5) is 0. The van der Waals surface area contributed by atoms with Crippen LogP contribution in [-0.2, 0) is 0 Å². The third kappa shape index (κ3) is 22.4. The van der Waals surface area contributed by atoms with Gasteiger partial charge >= 0.3 is 0 Å². The maximum atomic E-state index is 3.57. The molecule has 0 aromatic heterocycles. The van der Waals surface area contributed by atoms with Gasteiger partial charge in [0.2, 0.25) is 0 Å². The maximum Gasteiger partial charge on any atom is -0.0348 e. The summed E-state index contributed by atoms with van der Waals surface area (Å²) in [5.74, 6) is 0. The Balaban J connectivity index is 0.000000504. The SMILES string of the molecule is C1=CC=CCCCCCCCCCC=C1.C=CC=CC=CCCCC. The van der Waals surface area contributed by atoms with E-state index in [0.29, 0.717) is 0 Å². The molecule has 0 bridgehead atoms. The Kier molecular flexibility index (Phi) is 21.0. The summed E-state index contributed by atoms with van der Waals surface area (Å²) < 4.78 is 0. The maximum absolute atomic E-state index is 3.57. The lowest BCUT2D eigenvalue weighted by Crippen LogP contribution is -1.80. The van der Waals surface area contributed by atoms with Crippen molar-refractivity contribution >= 4 is 0 Å². The minimum absolute atomic E-state index is 1.19. The van der Waals surface area contributed by atoms with Gasteiger partial charge in [0.1, 0.15) is 0 Å². The van der Waals surface area contributed by atoms with E-state index in [1.165, 1.54) is 77.0 Å². The lowest BCUT2D eigenvalue weighted by atomic mass is 10.1. The first-order valence-electron chi connectivity index (χ1n) is 10.3. The molecule has 0 saturated heterocycles. The molecule has 0 unspecified atom stereocenters. The molecule has 25 heavy (non-hydrogen) atoms. The van der Waals surface area contributed by atoms with E-state index < -0.39 is 0 Å². The zero-order valence-corrected chi connectivity index (χ0v) is 16.5. The molecule has 0 N–H and O–H groups in total. The lowest BCUT2D eigenvalue weighted by molar-refractivity contribution is 0.584. The van der Waals surface area contributed by atoms with Gasteiger partial charge in [-0.05, 0) is 32.1 Å². The molecule has 0 fully saturated rings. The molecule has 1 aliphatic rings. The van der Waals surface area contributed by atoms with Crippen LogP contribution in [-0.4, -0.2) is 0 Å². The van der Waals surface area contributed by atoms with E-state index in [2.05, 4.69) is 62.1 Å². The van der Waals surface area contributed by atoms with Crippen LogP contribution in [0.1, 0.15) is 84.0 Å². The Hall–Kier alpha value is -1.56. The number of rotatable bonds is 5. The van der Waals surface area contributed by atoms with E-state index in [9.17, 15) is 0 Å². The van der Waals surface area contributed by atoms with Crippen molar-refractivity contribution in [1.29, 1.82) is 0 Å². The quantitative estimate of drug-likeness (QED) is 0.347. The summed E-state index contributed by atoms with van der Waals surface area (Å²) in [6.07, 6.45) is 39.2. The monoisotopic (exact) mass is 340 g/mol. The summed E-state index contributed by atoms with van der Waals surface area (Å²) in [6.45, 7) is 5.78. The molecular formula is C25H40. The Morgan fingerprint density at radius 2 is 1.28 bits per heavy atom. The Labute approximate surface area is 157 Å². The molecule has 0 aromatic carbocycles. The fraction of sp³-hybridized carbons (Fsp3) is 0.520. The van der Waals surface area contributed by atoms with Gasteiger partial charge in [0.25, 0.3) is 0 Å². The van der Waals surface area contributed by atoms with E-state index in [1.54, 1.807) is 6.08 Å². The molecule has 0 heteroatoms. The van der Waals surface area contributed by atoms with E-state index >= 15 is 0 Å². The van der Waals surface area contributed by atoms with Gasteiger partial charge in [-0.1, -0.05) is 125 Å². The van der Waals surface area contributed by atoms with Gasteiger partial charge in [0, 0.05) is 0 Å². The average Bonchev–Trinajstić information content (AvgIpc) is 2.64. The van der Waals surface area contributed by atoms with Crippen LogP contribution in [0.15, 0.2) is 73.4 Å². The first-order chi connectivity index (χ1) is 12.4. The highest BCUT2D eigenvalue weighted by atomic mass is 14.0. The highest BCUT2D eigenvalue weighted by Gasteiger charge is 1.90. The van der Waals surface area contributed by atoms with E-state index in [1.807, 2.05) is 12.2 Å². The summed E-state index contributed by atoms with van der Waals surface area (Å²) in [5.41, 5.74) is 0. The van der Waals surface area contributed by atoms with Crippen LogP contribution < -0.4 is 0 Å². The molecule has 0 saturated carbocycles. The zero-order chi connectivity index (χ0) is 18.3. The molecule has 1 rings (SSSR count). The Bertz CT molecular complexity index is 382. The molecular weight excluding hydrogens is 300 g/mol. The van der Waals surface area contributed by atoms with Crippen molar-refractivity contribution < 1.29 is 0 Å². The molecule has 0 nitrogen and oxygen atoms in total. The van der Waals surface area contributed by atoms with Crippen molar-refractivity contribution in [2.75, 3.05) is 0 Å². The first kappa shape index (κ1) is 23.4. The van der Waals surface area contributed by atoms with Gasteiger partial charge in [-0.25, -0.2) is 0 Å². The standard InChI is InChI=1S/C15H24.C10H16/c1-2-4-6-8-10-12-14-15-13-11-9-7-5-3-1;1-3-5-7-9-10-8-6-4-2/h1-6H,7-15H2;3,5,7,9-10H,1,4,6,8H2,2H3. The summed E-state index contributed by atoms with van der Waals surface area (Å²) in [5, 5.41) is 0. The average molecular weight is 341 g/mol. The van der Waals surface area contributed by atoms with Crippen molar-refractivity contribution in [3.63, 3.8) is 0 Å². The smallest absolute Gasteiger partial charge is 0.0348 e. The second-order valence-electron chi connectivity index (χ2n) is 6.48. The normalized spacial score (nSPS) is 17.0. The van der Waals surface area contributed by atoms with Crippen LogP contribution in [0.25, 0.3) is 0 Å².